The van der Waals surface area contributed by atoms with Crippen LogP contribution in [0.25, 0.3) is 11.2 Å². The predicted molar refractivity (Wildman–Crippen MR) is 113 cm³/mol. The van der Waals surface area contributed by atoms with Crippen LogP contribution < -0.4 is 10.2 Å². The van der Waals surface area contributed by atoms with Gasteiger partial charge >= 0.3 is 0 Å². The SMILES string of the molecule is CC(C)n1cnc2c(N[C@@H](CO)c3ccccc3)nc(N3CCC[C@@H]3CO)nc21. The molecule has 154 valence electrons. The highest BCUT2D eigenvalue weighted by molar-refractivity contribution is 5.84. The Labute approximate surface area is 170 Å². The molecular formula is C21H28N6O2. The van der Waals surface area contributed by atoms with Crippen molar-refractivity contribution in [3.05, 3.63) is 42.2 Å². The van der Waals surface area contributed by atoms with E-state index in [4.69, 9.17) is 9.97 Å². The number of benzene rings is 1. The molecule has 1 aromatic carbocycles. The Kier molecular flexibility index (Phi) is 5.64. The number of rotatable bonds is 7. The molecule has 1 saturated heterocycles. The zero-order valence-corrected chi connectivity index (χ0v) is 16.9. The van der Waals surface area contributed by atoms with Crippen LogP contribution >= 0.6 is 0 Å². The summed E-state index contributed by atoms with van der Waals surface area (Å²) in [6.45, 7) is 5.00. The van der Waals surface area contributed by atoms with E-state index in [9.17, 15) is 10.2 Å². The number of hydrogen-bond acceptors (Lipinski definition) is 7. The van der Waals surface area contributed by atoms with Crippen LogP contribution in [-0.4, -0.2) is 55.5 Å². The van der Waals surface area contributed by atoms with Gasteiger partial charge in [0.1, 0.15) is 0 Å². The van der Waals surface area contributed by atoms with Crippen LogP contribution in [-0.2, 0) is 0 Å². The summed E-state index contributed by atoms with van der Waals surface area (Å²) in [5.41, 5.74) is 2.40. The maximum absolute atomic E-state index is 9.99. The van der Waals surface area contributed by atoms with Gasteiger partial charge in [-0.25, -0.2) is 4.98 Å². The normalized spacial score (nSPS) is 18.0. The smallest absolute Gasteiger partial charge is 0.229 e. The van der Waals surface area contributed by atoms with E-state index < -0.39 is 0 Å². The van der Waals surface area contributed by atoms with Crippen molar-refractivity contribution >= 4 is 22.9 Å². The number of hydrogen-bond donors (Lipinski definition) is 3. The van der Waals surface area contributed by atoms with Gasteiger partial charge in [0.2, 0.25) is 5.95 Å². The van der Waals surface area contributed by atoms with Crippen LogP contribution in [0, 0.1) is 0 Å². The lowest BCUT2D eigenvalue weighted by Gasteiger charge is -2.24. The molecule has 1 aliphatic heterocycles. The van der Waals surface area contributed by atoms with Gasteiger partial charge in [-0.2, -0.15) is 9.97 Å². The molecule has 29 heavy (non-hydrogen) atoms. The second kappa shape index (κ2) is 8.34. The second-order valence-corrected chi connectivity index (χ2v) is 7.75. The number of imidazole rings is 1. The summed E-state index contributed by atoms with van der Waals surface area (Å²) in [5, 5.41) is 23.1. The van der Waals surface area contributed by atoms with E-state index in [0.717, 1.165) is 30.6 Å². The number of anilines is 2. The lowest BCUT2D eigenvalue weighted by atomic mass is 10.1. The van der Waals surface area contributed by atoms with Gasteiger partial charge in [-0.15, -0.1) is 0 Å². The maximum atomic E-state index is 9.99. The highest BCUT2D eigenvalue weighted by Gasteiger charge is 2.28. The molecule has 0 unspecified atom stereocenters. The van der Waals surface area contributed by atoms with Crippen molar-refractivity contribution in [2.75, 3.05) is 30.0 Å². The summed E-state index contributed by atoms with van der Waals surface area (Å²) in [5.74, 6) is 1.18. The molecule has 3 aromatic rings. The molecule has 0 spiro atoms. The standard InChI is InChI=1S/C21H28N6O2/c1-14(2)27-13-22-18-19(23-17(12-29)15-7-4-3-5-8-15)24-21(25-20(18)27)26-10-6-9-16(26)11-28/h3-5,7-8,13-14,16-17,28-29H,6,9-12H2,1-2H3,(H,23,24,25)/t16-,17+/m1/s1. The minimum atomic E-state index is -0.307. The first-order valence-electron chi connectivity index (χ1n) is 10.2. The first kappa shape index (κ1) is 19.6. The largest absolute Gasteiger partial charge is 0.394 e. The zero-order chi connectivity index (χ0) is 20.4. The van der Waals surface area contributed by atoms with E-state index in [1.54, 1.807) is 6.33 Å². The minimum absolute atomic E-state index is 0.0264. The van der Waals surface area contributed by atoms with Gasteiger partial charge in [0, 0.05) is 12.6 Å². The van der Waals surface area contributed by atoms with Crippen molar-refractivity contribution in [2.24, 2.45) is 0 Å². The molecule has 0 radical (unpaired) electrons. The quantitative estimate of drug-likeness (QED) is 0.564. The third-order valence-corrected chi connectivity index (χ3v) is 5.51. The van der Waals surface area contributed by atoms with Gasteiger partial charge in [0.25, 0.3) is 0 Å². The summed E-state index contributed by atoms with van der Waals surface area (Å²) in [6, 6.07) is 9.72. The van der Waals surface area contributed by atoms with Crippen molar-refractivity contribution in [3.8, 4) is 0 Å². The molecule has 0 aliphatic carbocycles. The van der Waals surface area contributed by atoms with Crippen LogP contribution in [0.3, 0.4) is 0 Å². The van der Waals surface area contributed by atoms with Crippen molar-refractivity contribution < 1.29 is 10.2 Å². The molecule has 8 heteroatoms. The summed E-state index contributed by atoms with van der Waals surface area (Å²) >= 11 is 0. The van der Waals surface area contributed by atoms with Crippen molar-refractivity contribution in [1.82, 2.24) is 19.5 Å². The fourth-order valence-electron chi connectivity index (χ4n) is 3.89. The van der Waals surface area contributed by atoms with E-state index in [1.165, 1.54) is 0 Å². The lowest BCUT2D eigenvalue weighted by Crippen LogP contribution is -2.33. The van der Waals surface area contributed by atoms with Crippen LogP contribution in [0.2, 0.25) is 0 Å². The number of aromatic nitrogens is 4. The van der Waals surface area contributed by atoms with E-state index in [1.807, 2.05) is 34.9 Å². The molecule has 8 nitrogen and oxygen atoms in total. The number of nitrogens with zero attached hydrogens (tertiary/aromatic N) is 5. The molecule has 1 aliphatic rings. The molecule has 2 atom stereocenters. The van der Waals surface area contributed by atoms with Gasteiger partial charge in [0.15, 0.2) is 17.0 Å². The van der Waals surface area contributed by atoms with Gasteiger partial charge < -0.3 is 25.0 Å². The Morgan fingerprint density at radius 3 is 2.66 bits per heavy atom. The molecule has 4 rings (SSSR count). The third-order valence-electron chi connectivity index (χ3n) is 5.51. The lowest BCUT2D eigenvalue weighted by molar-refractivity contribution is 0.265. The molecule has 1 fully saturated rings. The zero-order valence-electron chi connectivity index (χ0n) is 16.9. The Hall–Kier alpha value is -2.71. The number of aliphatic hydroxyl groups excluding tert-OH is 2. The molecule has 3 heterocycles. The predicted octanol–water partition coefficient (Wildman–Crippen LogP) is 2.51. The molecule has 2 aromatic heterocycles. The van der Waals surface area contributed by atoms with E-state index >= 15 is 0 Å². The van der Waals surface area contributed by atoms with Crippen LogP contribution in [0.4, 0.5) is 11.8 Å². The average molecular weight is 396 g/mol. The van der Waals surface area contributed by atoms with E-state index in [0.29, 0.717) is 17.3 Å². The van der Waals surface area contributed by atoms with Gasteiger partial charge in [0.05, 0.1) is 31.6 Å². The Morgan fingerprint density at radius 1 is 1.17 bits per heavy atom. The Balaban J connectivity index is 1.79. The molecule has 0 amide bonds. The second-order valence-electron chi connectivity index (χ2n) is 7.75. The van der Waals surface area contributed by atoms with Crippen molar-refractivity contribution in [1.29, 1.82) is 0 Å². The van der Waals surface area contributed by atoms with Gasteiger partial charge in [-0.1, -0.05) is 30.3 Å². The van der Waals surface area contributed by atoms with Crippen molar-refractivity contribution in [3.63, 3.8) is 0 Å². The molecular weight excluding hydrogens is 368 g/mol. The van der Waals surface area contributed by atoms with E-state index in [2.05, 4.69) is 29.0 Å². The number of nitrogens with one attached hydrogen (secondary N) is 1. The van der Waals surface area contributed by atoms with Crippen LogP contribution in [0.1, 0.15) is 44.3 Å². The first-order chi connectivity index (χ1) is 14.1. The molecule has 3 N–H and O–H groups in total. The highest BCUT2D eigenvalue weighted by atomic mass is 16.3. The summed E-state index contributed by atoms with van der Waals surface area (Å²) in [7, 11) is 0. The van der Waals surface area contributed by atoms with Gasteiger partial charge in [-0.3, -0.25) is 0 Å². The summed E-state index contributed by atoms with van der Waals surface area (Å²) < 4.78 is 2.02. The fraction of sp³-hybridized carbons (Fsp3) is 0.476. The summed E-state index contributed by atoms with van der Waals surface area (Å²) in [4.78, 5) is 16.2. The average Bonchev–Trinajstić information content (AvgIpc) is 3.39. The number of fused-ring (bicyclic) bond motifs is 1. The summed E-state index contributed by atoms with van der Waals surface area (Å²) in [6.07, 6.45) is 3.71. The monoisotopic (exact) mass is 396 g/mol. The van der Waals surface area contributed by atoms with Crippen LogP contribution in [0.5, 0.6) is 0 Å². The Morgan fingerprint density at radius 2 is 1.97 bits per heavy atom. The minimum Gasteiger partial charge on any atom is -0.394 e. The van der Waals surface area contributed by atoms with Gasteiger partial charge in [-0.05, 0) is 32.3 Å². The first-order valence-corrected chi connectivity index (χ1v) is 10.2. The molecule has 0 saturated carbocycles. The maximum Gasteiger partial charge on any atom is 0.229 e. The highest BCUT2D eigenvalue weighted by Crippen LogP contribution is 2.30. The molecule has 0 bridgehead atoms. The number of aliphatic hydroxyl groups is 2. The van der Waals surface area contributed by atoms with Crippen LogP contribution in [0.15, 0.2) is 36.7 Å². The topological polar surface area (TPSA) is 99.3 Å². The fourth-order valence-corrected chi connectivity index (χ4v) is 3.89. The Bertz CT molecular complexity index is 958. The van der Waals surface area contributed by atoms with E-state index in [-0.39, 0.29) is 31.3 Å². The third kappa shape index (κ3) is 3.77. The van der Waals surface area contributed by atoms with Crippen molar-refractivity contribution in [2.45, 2.75) is 44.8 Å².